The summed E-state index contributed by atoms with van der Waals surface area (Å²) >= 11 is 3.64. The smallest absolute Gasteiger partial charge is 0.352 e. The van der Waals surface area contributed by atoms with E-state index >= 15 is 0 Å². The monoisotopic (exact) mass is 504 g/mol. The largest absolute Gasteiger partial charge is 0.481 e. The molecule has 3 N–H and O–H groups in total. The Kier molecular flexibility index (Phi) is 7.68. The Balaban J connectivity index is 1.71. The number of hydrogen-bond donors (Lipinski definition) is 3. The Labute approximate surface area is 194 Å². The van der Waals surface area contributed by atoms with E-state index in [0.29, 0.717) is 16.5 Å². The predicted molar refractivity (Wildman–Crippen MR) is 115 cm³/mol. The molecule has 2 atom stereocenters. The normalized spacial score (nSPS) is 22.4. The van der Waals surface area contributed by atoms with Crippen molar-refractivity contribution in [2.45, 2.75) is 22.7 Å². The van der Waals surface area contributed by atoms with E-state index in [2.05, 4.69) is 20.8 Å². The van der Waals surface area contributed by atoms with Crippen LogP contribution in [0.3, 0.4) is 0 Å². The molecule has 1 aromatic heterocycles. The van der Waals surface area contributed by atoms with Crippen LogP contribution in [0.4, 0.5) is 0 Å². The van der Waals surface area contributed by atoms with Crippen LogP contribution in [0.25, 0.3) is 0 Å². The summed E-state index contributed by atoms with van der Waals surface area (Å²) in [5.41, 5.74) is -1.29. The summed E-state index contributed by atoms with van der Waals surface area (Å²) in [6.45, 7) is 0. The average molecular weight is 505 g/mol. The number of thioether (sulfide) groups is 3. The number of ether oxygens (including phenoxy) is 1. The fourth-order valence-electron chi connectivity index (χ4n) is 3.12. The first-order chi connectivity index (χ1) is 15.2. The third kappa shape index (κ3) is 4.72. The Morgan fingerprint density at radius 1 is 1.38 bits per heavy atom. The van der Waals surface area contributed by atoms with E-state index in [1.807, 2.05) is 0 Å². The zero-order valence-electron chi connectivity index (χ0n) is 17.0. The quantitative estimate of drug-likeness (QED) is 0.148. The van der Waals surface area contributed by atoms with Crippen LogP contribution in [-0.2, 0) is 31.0 Å². The minimum Gasteiger partial charge on any atom is -0.481 e. The number of amides is 2. The van der Waals surface area contributed by atoms with E-state index in [0.717, 1.165) is 16.7 Å². The van der Waals surface area contributed by atoms with Gasteiger partial charge in [0.15, 0.2) is 0 Å². The van der Waals surface area contributed by atoms with Crippen molar-refractivity contribution in [3.63, 3.8) is 0 Å². The van der Waals surface area contributed by atoms with E-state index < -0.39 is 34.9 Å². The molecule has 32 heavy (non-hydrogen) atoms. The van der Waals surface area contributed by atoms with Crippen LogP contribution in [0.15, 0.2) is 16.4 Å². The third-order valence-corrected chi connectivity index (χ3v) is 8.04. The lowest BCUT2D eigenvalue weighted by Crippen LogP contribution is -2.80. The fraction of sp³-hybridized carbons (Fsp3) is 0.562. The number of rotatable bonds is 11. The molecule has 174 valence electrons. The maximum atomic E-state index is 13.0. The van der Waals surface area contributed by atoms with Gasteiger partial charge in [0, 0.05) is 31.4 Å². The van der Waals surface area contributed by atoms with Crippen molar-refractivity contribution >= 4 is 59.0 Å². The number of nitrogens with one attached hydrogen (secondary N) is 1. The molecule has 13 nitrogen and oxygen atoms in total. The molecule has 2 amide bonds. The number of carboxylic acids is 2. The second-order valence-electron chi connectivity index (χ2n) is 6.65. The lowest BCUT2D eigenvalue weighted by molar-refractivity contribution is -0.192. The van der Waals surface area contributed by atoms with Gasteiger partial charge in [-0.15, -0.1) is 16.9 Å². The number of nitrogens with zero attached hydrogens (tertiary/aromatic N) is 5. The number of aliphatic carboxylic acids is 2. The highest BCUT2D eigenvalue weighted by Gasteiger charge is 2.66. The fourth-order valence-corrected chi connectivity index (χ4v) is 6.27. The van der Waals surface area contributed by atoms with Gasteiger partial charge < -0.3 is 20.3 Å². The topological polar surface area (TPSA) is 177 Å². The van der Waals surface area contributed by atoms with Crippen LogP contribution in [0.5, 0.6) is 0 Å². The summed E-state index contributed by atoms with van der Waals surface area (Å²) in [7, 11) is 2.93. The van der Waals surface area contributed by atoms with Crippen molar-refractivity contribution in [2.24, 2.45) is 7.05 Å². The van der Waals surface area contributed by atoms with E-state index in [-0.39, 0.29) is 29.4 Å². The van der Waals surface area contributed by atoms with Gasteiger partial charge >= 0.3 is 11.9 Å². The first-order valence-corrected chi connectivity index (χ1v) is 12.3. The van der Waals surface area contributed by atoms with Gasteiger partial charge in [-0.05, 0) is 16.0 Å². The van der Waals surface area contributed by atoms with Gasteiger partial charge in [-0.2, -0.15) is 11.8 Å². The number of hydrogen-bond acceptors (Lipinski definition) is 11. The molecular weight excluding hydrogens is 484 g/mol. The van der Waals surface area contributed by atoms with Crippen LogP contribution < -0.4 is 5.32 Å². The zero-order valence-corrected chi connectivity index (χ0v) is 19.5. The number of carbonyl (C=O) groups excluding carboxylic acids is 2. The molecule has 1 fully saturated rings. The molecule has 0 unspecified atom stereocenters. The first-order valence-electron chi connectivity index (χ1n) is 9.12. The van der Waals surface area contributed by atoms with Gasteiger partial charge in [0.05, 0.1) is 12.2 Å². The lowest BCUT2D eigenvalue weighted by atomic mass is 9.98. The molecule has 0 aliphatic carbocycles. The van der Waals surface area contributed by atoms with Crippen molar-refractivity contribution < 1.29 is 34.1 Å². The highest BCUT2D eigenvalue weighted by molar-refractivity contribution is 8.01. The summed E-state index contributed by atoms with van der Waals surface area (Å²) in [5, 5.41) is 31.9. The van der Waals surface area contributed by atoms with Crippen LogP contribution >= 0.6 is 35.3 Å². The summed E-state index contributed by atoms with van der Waals surface area (Å²) in [6, 6.07) is 0. The number of carbonyl (C=O) groups is 4. The highest BCUT2D eigenvalue weighted by atomic mass is 32.2. The molecule has 1 aromatic rings. The number of methoxy groups -OCH3 is 1. The molecule has 3 heterocycles. The Bertz CT molecular complexity index is 970. The molecule has 0 saturated carbocycles. The summed E-state index contributed by atoms with van der Waals surface area (Å²) in [4.78, 5) is 49.0. The molecule has 0 spiro atoms. The van der Waals surface area contributed by atoms with Crippen molar-refractivity contribution in [3.05, 3.63) is 11.3 Å². The number of carboxylic acid groups (broad SMARTS) is 2. The lowest BCUT2D eigenvalue weighted by Gasteiger charge is -2.55. The molecule has 0 bridgehead atoms. The summed E-state index contributed by atoms with van der Waals surface area (Å²) < 4.78 is 6.83. The molecule has 1 saturated heterocycles. The molecule has 16 heteroatoms. The van der Waals surface area contributed by atoms with Crippen molar-refractivity contribution in [2.75, 3.05) is 30.1 Å². The van der Waals surface area contributed by atoms with Crippen LogP contribution in [0.1, 0.15) is 6.42 Å². The molecule has 2 aliphatic heterocycles. The maximum Gasteiger partial charge on any atom is 0.352 e. The van der Waals surface area contributed by atoms with Crippen molar-refractivity contribution in [1.29, 1.82) is 0 Å². The van der Waals surface area contributed by atoms with Crippen LogP contribution in [0, 0.1) is 0 Å². The van der Waals surface area contributed by atoms with Crippen LogP contribution in [0.2, 0.25) is 0 Å². The van der Waals surface area contributed by atoms with E-state index in [1.165, 1.54) is 35.3 Å². The first kappa shape index (κ1) is 24.3. The second-order valence-corrected chi connectivity index (χ2v) is 9.77. The van der Waals surface area contributed by atoms with Crippen molar-refractivity contribution in [3.8, 4) is 0 Å². The van der Waals surface area contributed by atoms with E-state index in [9.17, 15) is 24.3 Å². The van der Waals surface area contributed by atoms with Gasteiger partial charge in [-0.3, -0.25) is 19.3 Å². The Morgan fingerprint density at radius 2 is 2.12 bits per heavy atom. The molecule has 0 radical (unpaired) electrons. The molecular formula is C16H20N6O7S3. The third-order valence-electron chi connectivity index (χ3n) is 4.61. The number of aryl methyl sites for hydroxylation is 1. The number of aromatic nitrogens is 4. The van der Waals surface area contributed by atoms with Crippen molar-refractivity contribution in [1.82, 2.24) is 30.4 Å². The van der Waals surface area contributed by atoms with Gasteiger partial charge in [0.1, 0.15) is 11.1 Å². The predicted octanol–water partition coefficient (Wildman–Crippen LogP) is -0.777. The Hall–Kier alpha value is -2.30. The zero-order chi connectivity index (χ0) is 23.5. The standard InChI is InChI=1S/C16H20N6O7S3/c1-21-15(18-19-20-21)32-6-8-5-31-14-16(29-2,13(28)22(14)11(8)12(26)27)17-9(23)7-30-4-3-10(24)25/h14H,3-7H2,1-2H3,(H,17,23)(H,24,25)(H,26,27)/t14-,16+/m1/s1. The molecule has 3 rings (SSSR count). The highest BCUT2D eigenvalue weighted by Crippen LogP contribution is 2.47. The van der Waals surface area contributed by atoms with Crippen LogP contribution in [-0.4, -0.2) is 100 Å². The second kappa shape index (κ2) is 10.1. The van der Waals surface area contributed by atoms with Gasteiger partial charge in [-0.1, -0.05) is 11.8 Å². The van der Waals surface area contributed by atoms with E-state index in [1.54, 1.807) is 7.05 Å². The SMILES string of the molecule is CO[C@@]1(NC(=O)CSCCC(=O)O)C(=O)N2C(C(=O)O)=C(CSc3nnnn3C)CS[C@@H]21. The minimum atomic E-state index is -1.68. The minimum absolute atomic E-state index is 0.0572. The molecule has 2 aliphatic rings. The van der Waals surface area contributed by atoms with Gasteiger partial charge in [0.2, 0.25) is 11.1 Å². The van der Waals surface area contributed by atoms with E-state index in [4.69, 9.17) is 9.84 Å². The van der Waals surface area contributed by atoms with Gasteiger partial charge in [-0.25, -0.2) is 9.48 Å². The molecule has 0 aromatic carbocycles. The summed E-state index contributed by atoms with van der Waals surface area (Å²) in [6.07, 6.45) is -0.0868. The number of tetrazole rings is 1. The Morgan fingerprint density at radius 3 is 2.72 bits per heavy atom. The average Bonchev–Trinajstić information content (AvgIpc) is 3.16. The summed E-state index contributed by atoms with van der Waals surface area (Å²) in [5.74, 6) is -2.64. The maximum absolute atomic E-state index is 13.0. The van der Waals surface area contributed by atoms with Gasteiger partial charge in [0.25, 0.3) is 11.6 Å². The number of fused-ring (bicyclic) bond motifs is 1. The number of β-lactam (4-membered cyclic amide) rings is 1.